The molecule has 8 atom stereocenters. The smallest absolute Gasteiger partial charge is 0.345 e. The first-order chi connectivity index (χ1) is 27.1. The second-order valence-electron chi connectivity index (χ2n) is 17.5. The fourth-order valence-corrected chi connectivity index (χ4v) is 8.94. The maximum absolute atomic E-state index is 11.1. The highest BCUT2D eigenvalue weighted by Crippen LogP contribution is 2.52. The summed E-state index contributed by atoms with van der Waals surface area (Å²) in [5.41, 5.74) is 4.44. The summed E-state index contributed by atoms with van der Waals surface area (Å²) >= 11 is 0. The monoisotopic (exact) mass is 799 g/mol. The minimum atomic E-state index is -1.44. The number of fused-ring (bicyclic) bond motifs is 2. The van der Waals surface area contributed by atoms with Gasteiger partial charge in [-0.3, -0.25) is 10.4 Å². The van der Waals surface area contributed by atoms with Crippen molar-refractivity contribution in [3.8, 4) is 0 Å². The fraction of sp³-hybridized carbons (Fsp3) is 0.932. The molecule has 0 aromatic heterocycles. The van der Waals surface area contributed by atoms with Crippen LogP contribution in [0.2, 0.25) is 0 Å². The first-order valence-electron chi connectivity index (χ1n) is 22.9. The zero-order valence-corrected chi connectivity index (χ0v) is 35.6. The Morgan fingerprint density at radius 2 is 1.41 bits per heavy atom. The molecule has 12 nitrogen and oxygen atoms in total. The van der Waals surface area contributed by atoms with Crippen LogP contribution in [0.25, 0.3) is 0 Å². The molecule has 330 valence electrons. The maximum Gasteiger partial charge on any atom is 0.345 e. The number of carbonyl (C=O) groups excluding carboxylic acids is 1. The Morgan fingerprint density at radius 1 is 0.857 bits per heavy atom. The molecule has 10 N–H and O–H groups in total. The van der Waals surface area contributed by atoms with Gasteiger partial charge in [0.1, 0.15) is 24.4 Å². The van der Waals surface area contributed by atoms with E-state index in [9.17, 15) is 30.3 Å². The zero-order chi connectivity index (χ0) is 41.0. The first kappa shape index (κ1) is 50.8. The van der Waals surface area contributed by atoms with Gasteiger partial charge < -0.3 is 35.0 Å². The van der Waals surface area contributed by atoms with Crippen molar-refractivity contribution in [3.63, 3.8) is 0 Å². The Bertz CT molecular complexity index is 1020. The van der Waals surface area contributed by atoms with Gasteiger partial charge in [0.05, 0.1) is 19.3 Å². The van der Waals surface area contributed by atoms with Gasteiger partial charge in [-0.05, 0) is 62.7 Å². The highest BCUT2D eigenvalue weighted by atomic mass is 16.7. The lowest BCUT2D eigenvalue weighted by Gasteiger charge is -2.39. The SMILES string of the molecule is CC1CC2=CCC(CCCCCCCCCCN(N)C(=O)NN)(C2)C1.CCCCCCCCCCCCCCCC(O)CCOC1OC(CO)C(O)C(O)C1O. The lowest BCUT2D eigenvalue weighted by atomic mass is 9.69. The number of amides is 2. The van der Waals surface area contributed by atoms with Crippen LogP contribution < -0.4 is 17.1 Å². The van der Waals surface area contributed by atoms with Crippen LogP contribution in [0, 0.1) is 11.3 Å². The van der Waals surface area contributed by atoms with E-state index in [0.29, 0.717) is 18.4 Å². The molecule has 12 heteroatoms. The van der Waals surface area contributed by atoms with Gasteiger partial charge in [-0.25, -0.2) is 16.5 Å². The third-order valence-electron chi connectivity index (χ3n) is 12.3. The van der Waals surface area contributed by atoms with Gasteiger partial charge in [0.15, 0.2) is 6.29 Å². The number of nitrogens with two attached hydrogens (primary N) is 2. The standard InChI is InChI=1S/C24H48O7.C20H38N4O/c1-2-3-4-5-6-7-8-9-10-11-12-13-14-15-19(26)16-17-30-24-23(29)22(28)21(27)20(18-25)31-24;1-17-14-18-10-12-20(15-17,16-18)11-8-6-4-2-3-5-7-9-13-24(22)19(25)23-21/h19-29H,2-18H2,1H3;10,17H,2-9,11-16,21-22H2,1H3,(H,23,25). The van der Waals surface area contributed by atoms with E-state index in [-0.39, 0.29) is 6.61 Å². The van der Waals surface area contributed by atoms with Crippen LogP contribution >= 0.6 is 0 Å². The average Bonchev–Trinajstić information content (AvgIpc) is 3.50. The van der Waals surface area contributed by atoms with Crippen molar-refractivity contribution in [1.82, 2.24) is 10.4 Å². The molecule has 0 aromatic carbocycles. The summed E-state index contributed by atoms with van der Waals surface area (Å²) in [4.78, 5) is 11.1. The summed E-state index contributed by atoms with van der Waals surface area (Å²) in [5.74, 6) is 11.5. The van der Waals surface area contributed by atoms with Gasteiger partial charge in [-0.2, -0.15) is 0 Å². The van der Waals surface area contributed by atoms with Crippen LogP contribution in [0.4, 0.5) is 4.79 Å². The molecule has 1 saturated heterocycles. The third kappa shape index (κ3) is 21.1. The number of unbranched alkanes of at least 4 members (excludes halogenated alkanes) is 19. The summed E-state index contributed by atoms with van der Waals surface area (Å²) in [7, 11) is 0. The van der Waals surface area contributed by atoms with E-state index in [1.54, 1.807) is 5.57 Å². The van der Waals surface area contributed by atoms with E-state index < -0.39 is 49.4 Å². The molecule has 2 bridgehead atoms. The number of aliphatic hydroxyl groups excluding tert-OH is 5. The second-order valence-corrected chi connectivity index (χ2v) is 17.5. The first-order valence-corrected chi connectivity index (χ1v) is 22.9. The molecular weight excluding hydrogens is 713 g/mol. The Kier molecular flexibility index (Phi) is 27.8. The van der Waals surface area contributed by atoms with Gasteiger partial charge in [0.2, 0.25) is 0 Å². The number of allylic oxidation sites excluding steroid dienone is 2. The maximum atomic E-state index is 11.1. The summed E-state index contributed by atoms with van der Waals surface area (Å²) in [6.07, 6.45) is 30.8. The quantitative estimate of drug-likeness (QED) is 0.0119. The number of hydrogen-bond acceptors (Lipinski definition) is 10. The minimum Gasteiger partial charge on any atom is -0.394 e. The van der Waals surface area contributed by atoms with Crippen molar-refractivity contribution in [2.45, 2.75) is 230 Å². The van der Waals surface area contributed by atoms with Crippen LogP contribution in [-0.4, -0.2) is 93.1 Å². The molecule has 1 heterocycles. The van der Waals surface area contributed by atoms with E-state index in [2.05, 4.69) is 19.9 Å². The molecule has 8 unspecified atom stereocenters. The third-order valence-corrected chi connectivity index (χ3v) is 12.3. The molecule has 3 aliphatic rings. The topological polar surface area (TPSA) is 204 Å². The molecule has 0 aromatic rings. The molecular formula is C44H86N4O8. The number of urea groups is 1. The molecule has 56 heavy (non-hydrogen) atoms. The summed E-state index contributed by atoms with van der Waals surface area (Å²) in [6.45, 7) is 4.94. The van der Waals surface area contributed by atoms with E-state index in [4.69, 9.17) is 21.2 Å². The average molecular weight is 799 g/mol. The molecule has 3 rings (SSSR count). The number of rotatable bonds is 30. The number of hydrazine groups is 2. The summed E-state index contributed by atoms with van der Waals surface area (Å²) in [5, 5.41) is 49.8. The normalized spacial score (nSPS) is 26.3. The number of nitrogens with zero attached hydrogens (tertiary/aromatic N) is 1. The van der Waals surface area contributed by atoms with E-state index in [1.807, 2.05) is 5.43 Å². The van der Waals surface area contributed by atoms with Crippen molar-refractivity contribution in [2.75, 3.05) is 19.8 Å². The lowest BCUT2D eigenvalue weighted by molar-refractivity contribution is -0.301. The van der Waals surface area contributed by atoms with Crippen molar-refractivity contribution in [1.29, 1.82) is 0 Å². The number of carbonyl (C=O) groups is 1. The van der Waals surface area contributed by atoms with Crippen molar-refractivity contribution in [3.05, 3.63) is 11.6 Å². The Morgan fingerprint density at radius 3 is 1.98 bits per heavy atom. The highest BCUT2D eigenvalue weighted by Gasteiger charge is 2.44. The predicted molar refractivity (Wildman–Crippen MR) is 224 cm³/mol. The summed E-state index contributed by atoms with van der Waals surface area (Å²) in [6, 6.07) is -0.420. The second kappa shape index (κ2) is 30.7. The van der Waals surface area contributed by atoms with Crippen LogP contribution in [0.15, 0.2) is 11.6 Å². The molecule has 1 saturated carbocycles. The van der Waals surface area contributed by atoms with Crippen molar-refractivity contribution >= 4 is 6.03 Å². The number of nitrogens with one attached hydrogen (secondary N) is 1. The van der Waals surface area contributed by atoms with Crippen LogP contribution in [0.3, 0.4) is 0 Å². The number of ether oxygens (including phenoxy) is 2. The van der Waals surface area contributed by atoms with Crippen LogP contribution in [-0.2, 0) is 9.47 Å². The van der Waals surface area contributed by atoms with Gasteiger partial charge in [0.25, 0.3) is 0 Å². The van der Waals surface area contributed by atoms with Crippen molar-refractivity contribution in [2.24, 2.45) is 23.0 Å². The Balaban J connectivity index is 0.000000395. The van der Waals surface area contributed by atoms with E-state index in [1.165, 1.54) is 141 Å². The zero-order valence-electron chi connectivity index (χ0n) is 35.6. The van der Waals surface area contributed by atoms with E-state index >= 15 is 0 Å². The molecule has 0 radical (unpaired) electrons. The highest BCUT2D eigenvalue weighted by molar-refractivity contribution is 5.72. The van der Waals surface area contributed by atoms with Crippen molar-refractivity contribution < 1.29 is 39.8 Å². The Hall–Kier alpha value is -1.35. The van der Waals surface area contributed by atoms with E-state index in [0.717, 1.165) is 43.0 Å². The number of aliphatic hydroxyl groups is 5. The van der Waals surface area contributed by atoms with Crippen LogP contribution in [0.1, 0.15) is 194 Å². The Labute approximate surface area is 340 Å². The minimum absolute atomic E-state index is 0.169. The van der Waals surface area contributed by atoms with Crippen LogP contribution in [0.5, 0.6) is 0 Å². The van der Waals surface area contributed by atoms with Gasteiger partial charge in [-0.1, -0.05) is 154 Å². The fourth-order valence-electron chi connectivity index (χ4n) is 8.94. The number of hydrogen-bond donors (Lipinski definition) is 8. The lowest BCUT2D eigenvalue weighted by Crippen LogP contribution is -2.59. The molecule has 1 aliphatic heterocycles. The van der Waals surface area contributed by atoms with Gasteiger partial charge in [0, 0.05) is 6.54 Å². The molecule has 2 aliphatic carbocycles. The molecule has 2 fully saturated rings. The van der Waals surface area contributed by atoms with Gasteiger partial charge >= 0.3 is 6.03 Å². The molecule has 2 amide bonds. The predicted octanol–water partition coefficient (Wildman–Crippen LogP) is 7.43. The summed E-state index contributed by atoms with van der Waals surface area (Å²) < 4.78 is 10.7. The van der Waals surface area contributed by atoms with Gasteiger partial charge in [-0.15, -0.1) is 0 Å². The molecule has 0 spiro atoms. The largest absolute Gasteiger partial charge is 0.394 e.